The van der Waals surface area contributed by atoms with E-state index >= 15 is 0 Å². The van der Waals surface area contributed by atoms with Crippen molar-refractivity contribution in [1.29, 1.82) is 5.26 Å². The molecular formula is C15H16BN3O2. The Morgan fingerprint density at radius 1 is 1.38 bits per heavy atom. The van der Waals surface area contributed by atoms with E-state index in [1.165, 1.54) is 0 Å². The van der Waals surface area contributed by atoms with Crippen LogP contribution in [0.3, 0.4) is 0 Å². The molecule has 0 N–H and O–H groups in total. The first-order valence-corrected chi connectivity index (χ1v) is 6.49. The van der Waals surface area contributed by atoms with Crippen LogP contribution in [0.25, 0.3) is 11.3 Å². The lowest BCUT2D eigenvalue weighted by atomic mass is 10.1. The fourth-order valence-corrected chi connectivity index (χ4v) is 2.29. The summed E-state index contributed by atoms with van der Waals surface area (Å²) in [5.74, 6) is 1.27. The van der Waals surface area contributed by atoms with Crippen LogP contribution >= 0.6 is 0 Å². The third kappa shape index (κ3) is 2.47. The van der Waals surface area contributed by atoms with Crippen molar-refractivity contribution in [3.63, 3.8) is 0 Å². The van der Waals surface area contributed by atoms with Gasteiger partial charge in [0.05, 0.1) is 5.69 Å². The smallest absolute Gasteiger partial charge is 0.374 e. The summed E-state index contributed by atoms with van der Waals surface area (Å²) in [7, 11) is 7.28. The molecule has 0 amide bonds. The van der Waals surface area contributed by atoms with Crippen molar-refractivity contribution in [3.05, 3.63) is 40.4 Å². The number of rotatable bonds is 3. The molecule has 106 valence electrons. The minimum atomic E-state index is 0.215. The van der Waals surface area contributed by atoms with Gasteiger partial charge in [-0.3, -0.25) is 0 Å². The van der Waals surface area contributed by atoms with Gasteiger partial charge in [-0.25, -0.2) is 4.98 Å². The number of allylic oxidation sites excluding steroid dienone is 1. The average molecular weight is 281 g/mol. The van der Waals surface area contributed by atoms with Gasteiger partial charge in [0.25, 0.3) is 0 Å². The molecular weight excluding hydrogens is 265 g/mol. The van der Waals surface area contributed by atoms with Gasteiger partial charge in [0, 0.05) is 19.7 Å². The fraction of sp³-hybridized carbons (Fsp3) is 0.333. The van der Waals surface area contributed by atoms with Crippen LogP contribution in [0.2, 0.25) is 0 Å². The average Bonchev–Trinajstić information content (AvgIpc) is 2.90. The predicted octanol–water partition coefficient (Wildman–Crippen LogP) is 2.74. The van der Waals surface area contributed by atoms with E-state index < -0.39 is 0 Å². The summed E-state index contributed by atoms with van der Waals surface area (Å²) in [6.45, 7) is 7.46. The summed E-state index contributed by atoms with van der Waals surface area (Å²) < 4.78 is 12.3. The number of aryl methyl sites for hydroxylation is 3. The lowest BCUT2D eigenvalue weighted by molar-refractivity contribution is 0.492. The molecule has 0 atom stereocenters. The van der Waals surface area contributed by atoms with E-state index in [-0.39, 0.29) is 5.76 Å². The second-order valence-corrected chi connectivity index (χ2v) is 4.93. The van der Waals surface area contributed by atoms with Crippen molar-refractivity contribution in [2.45, 2.75) is 27.7 Å². The normalized spacial score (nSPS) is 12.0. The third-order valence-corrected chi connectivity index (χ3v) is 3.62. The van der Waals surface area contributed by atoms with E-state index in [1.807, 2.05) is 31.5 Å². The molecule has 2 rings (SSSR count). The van der Waals surface area contributed by atoms with Crippen LogP contribution in [-0.4, -0.2) is 17.6 Å². The molecule has 0 unspecified atom stereocenters. The van der Waals surface area contributed by atoms with Crippen LogP contribution < -0.4 is 0 Å². The molecule has 0 aliphatic heterocycles. The van der Waals surface area contributed by atoms with Gasteiger partial charge < -0.3 is 13.6 Å². The van der Waals surface area contributed by atoms with Gasteiger partial charge in [0.1, 0.15) is 28.9 Å². The zero-order valence-electron chi connectivity index (χ0n) is 12.8. The van der Waals surface area contributed by atoms with Crippen LogP contribution in [0.4, 0.5) is 0 Å². The van der Waals surface area contributed by atoms with Gasteiger partial charge in [-0.15, -0.1) is 0 Å². The van der Waals surface area contributed by atoms with Crippen LogP contribution in [-0.2, 0) is 11.7 Å². The highest BCUT2D eigenvalue weighted by molar-refractivity contribution is 6.06. The molecule has 0 saturated heterocycles. The molecule has 2 radical (unpaired) electrons. The monoisotopic (exact) mass is 281 g/mol. The zero-order valence-corrected chi connectivity index (χ0v) is 12.8. The van der Waals surface area contributed by atoms with E-state index in [2.05, 4.69) is 11.1 Å². The highest BCUT2D eigenvalue weighted by Gasteiger charge is 2.21. The molecule has 2 aromatic heterocycles. The Morgan fingerprint density at radius 2 is 2.05 bits per heavy atom. The van der Waals surface area contributed by atoms with Crippen molar-refractivity contribution >= 4 is 19.4 Å². The maximum absolute atomic E-state index is 9.55. The highest BCUT2D eigenvalue weighted by atomic mass is 16.4. The number of oxazole rings is 1. The first-order chi connectivity index (χ1) is 9.90. The zero-order chi connectivity index (χ0) is 15.7. The molecule has 0 spiro atoms. The number of aromatic nitrogens is 2. The second-order valence-electron chi connectivity index (χ2n) is 4.93. The first-order valence-electron chi connectivity index (χ1n) is 6.49. The van der Waals surface area contributed by atoms with Crippen LogP contribution in [0.15, 0.2) is 10.5 Å². The Bertz CT molecular complexity index is 763. The first kappa shape index (κ1) is 15.0. The Kier molecular flexibility index (Phi) is 3.94. The highest BCUT2D eigenvalue weighted by Crippen LogP contribution is 2.30. The molecule has 0 bridgehead atoms. The fourth-order valence-electron chi connectivity index (χ4n) is 2.29. The van der Waals surface area contributed by atoms with Gasteiger partial charge >= 0.3 is 8.05 Å². The molecule has 6 heteroatoms. The Morgan fingerprint density at radius 3 is 2.43 bits per heavy atom. The van der Waals surface area contributed by atoms with E-state index in [4.69, 9.17) is 17.1 Å². The van der Waals surface area contributed by atoms with Gasteiger partial charge in [0.15, 0.2) is 5.89 Å². The largest absolute Gasteiger partial charge is 0.565 e. The Hall–Kier alpha value is -2.42. The summed E-state index contributed by atoms with van der Waals surface area (Å²) in [4.78, 5) is 4.24. The second kappa shape index (κ2) is 5.53. The van der Waals surface area contributed by atoms with Crippen molar-refractivity contribution in [3.8, 4) is 6.07 Å². The minimum Gasteiger partial charge on any atom is -0.565 e. The number of hydrogen-bond donors (Lipinski definition) is 0. The number of nitrogens with zero attached hydrogens (tertiary/aromatic N) is 3. The van der Waals surface area contributed by atoms with Crippen molar-refractivity contribution in [2.24, 2.45) is 7.05 Å². The SMILES string of the molecule is [B]OC(=C(C#N)c1cc(C)c(C)n1C)c1nc(C)oc1C. The molecule has 0 fully saturated rings. The summed E-state index contributed by atoms with van der Waals surface area (Å²) in [5.41, 5.74) is 3.66. The Balaban J connectivity index is 2.73. The molecule has 0 aliphatic carbocycles. The van der Waals surface area contributed by atoms with Crippen LogP contribution in [0.5, 0.6) is 0 Å². The third-order valence-electron chi connectivity index (χ3n) is 3.62. The minimum absolute atomic E-state index is 0.215. The van der Waals surface area contributed by atoms with Gasteiger partial charge in [-0.1, -0.05) is 0 Å². The van der Waals surface area contributed by atoms with Crippen molar-refractivity contribution in [1.82, 2.24) is 9.55 Å². The quantitative estimate of drug-likeness (QED) is 0.493. The van der Waals surface area contributed by atoms with Gasteiger partial charge in [-0.2, -0.15) is 5.26 Å². The number of hydrogen-bond acceptors (Lipinski definition) is 4. The maximum atomic E-state index is 9.55. The lowest BCUT2D eigenvalue weighted by Crippen LogP contribution is -2.02. The van der Waals surface area contributed by atoms with E-state index in [0.29, 0.717) is 22.9 Å². The molecule has 2 heterocycles. The van der Waals surface area contributed by atoms with Crippen molar-refractivity contribution < 1.29 is 9.07 Å². The summed E-state index contributed by atoms with van der Waals surface area (Å²) in [6, 6.07) is 4.08. The molecule has 5 nitrogen and oxygen atoms in total. The van der Waals surface area contributed by atoms with Crippen LogP contribution in [0.1, 0.15) is 34.3 Å². The standard InChI is InChI=1S/C15H16BN3O2/c1-8-6-13(19(5)9(8)2)12(7-17)15(21-16)14-10(3)20-11(4)18-14/h6H,1-5H3. The molecule has 0 aliphatic rings. The lowest BCUT2D eigenvalue weighted by Gasteiger charge is -2.10. The van der Waals surface area contributed by atoms with Gasteiger partial charge in [0.2, 0.25) is 0 Å². The summed E-state index contributed by atoms with van der Waals surface area (Å²) >= 11 is 0. The summed E-state index contributed by atoms with van der Waals surface area (Å²) in [5, 5.41) is 9.55. The molecule has 2 aromatic rings. The van der Waals surface area contributed by atoms with Crippen molar-refractivity contribution in [2.75, 3.05) is 0 Å². The maximum Gasteiger partial charge on any atom is 0.374 e. The van der Waals surface area contributed by atoms with E-state index in [0.717, 1.165) is 17.0 Å². The van der Waals surface area contributed by atoms with Crippen LogP contribution in [0, 0.1) is 39.0 Å². The van der Waals surface area contributed by atoms with E-state index in [9.17, 15) is 5.26 Å². The molecule has 0 saturated carbocycles. The predicted molar refractivity (Wildman–Crippen MR) is 80.1 cm³/mol. The van der Waals surface area contributed by atoms with Gasteiger partial charge in [-0.05, 0) is 32.4 Å². The Labute approximate surface area is 125 Å². The topological polar surface area (TPSA) is 64.0 Å². The number of nitriles is 1. The molecule has 0 aromatic carbocycles. The van der Waals surface area contributed by atoms with E-state index in [1.54, 1.807) is 13.8 Å². The molecule has 21 heavy (non-hydrogen) atoms. The summed E-state index contributed by atoms with van der Waals surface area (Å²) in [6.07, 6.45) is 0.